The van der Waals surface area contributed by atoms with E-state index >= 15 is 0 Å². The fourth-order valence-corrected chi connectivity index (χ4v) is 2.87. The van der Waals surface area contributed by atoms with Crippen LogP contribution in [0.4, 0.5) is 0 Å². The fourth-order valence-electron chi connectivity index (χ4n) is 2.87. The third kappa shape index (κ3) is 3.73. The third-order valence-corrected chi connectivity index (χ3v) is 3.83. The zero-order valence-corrected chi connectivity index (χ0v) is 12.2. The average Bonchev–Trinajstić information content (AvgIpc) is 2.84. The van der Waals surface area contributed by atoms with E-state index in [4.69, 9.17) is 4.74 Å². The van der Waals surface area contributed by atoms with Crippen LogP contribution in [0.25, 0.3) is 0 Å². The minimum atomic E-state index is -0.428. The highest BCUT2D eigenvalue weighted by molar-refractivity contribution is 5.78. The zero-order chi connectivity index (χ0) is 14.6. The van der Waals surface area contributed by atoms with E-state index in [0.29, 0.717) is 5.75 Å². The van der Waals surface area contributed by atoms with Gasteiger partial charge in [0.2, 0.25) is 0 Å². The first kappa shape index (κ1) is 14.9. The van der Waals surface area contributed by atoms with Gasteiger partial charge in [-0.3, -0.25) is 4.79 Å². The molecule has 4 heteroatoms. The quantitative estimate of drug-likeness (QED) is 0.866. The average molecular weight is 277 g/mol. The van der Waals surface area contributed by atoms with Gasteiger partial charge in [0, 0.05) is 0 Å². The zero-order valence-electron chi connectivity index (χ0n) is 12.2. The second-order valence-corrected chi connectivity index (χ2v) is 5.81. The summed E-state index contributed by atoms with van der Waals surface area (Å²) >= 11 is 0. The molecule has 110 valence electrons. The molecular weight excluding hydrogens is 254 g/mol. The van der Waals surface area contributed by atoms with Crippen LogP contribution in [-0.2, 0) is 4.79 Å². The van der Waals surface area contributed by atoms with E-state index in [1.807, 2.05) is 26.0 Å². The van der Waals surface area contributed by atoms with Gasteiger partial charge >= 0.3 is 0 Å². The number of aliphatic hydroxyl groups is 1. The van der Waals surface area contributed by atoms with E-state index in [2.05, 4.69) is 11.4 Å². The van der Waals surface area contributed by atoms with Gasteiger partial charge in [0.1, 0.15) is 5.75 Å². The molecule has 0 radical (unpaired) electrons. The Morgan fingerprint density at radius 2 is 1.85 bits per heavy atom. The van der Waals surface area contributed by atoms with Crippen molar-refractivity contribution in [3.05, 3.63) is 29.3 Å². The van der Waals surface area contributed by atoms with Gasteiger partial charge in [-0.15, -0.1) is 0 Å². The van der Waals surface area contributed by atoms with Gasteiger partial charge in [-0.2, -0.15) is 0 Å². The molecule has 0 aromatic heterocycles. The van der Waals surface area contributed by atoms with Crippen LogP contribution in [0, 0.1) is 13.8 Å². The number of carbonyl (C=O) groups is 1. The Labute approximate surface area is 120 Å². The van der Waals surface area contributed by atoms with E-state index in [9.17, 15) is 9.90 Å². The number of hydrogen-bond donors (Lipinski definition) is 2. The summed E-state index contributed by atoms with van der Waals surface area (Å²) in [5.74, 6) is 0.544. The monoisotopic (exact) mass is 277 g/mol. The van der Waals surface area contributed by atoms with Crippen molar-refractivity contribution in [1.29, 1.82) is 0 Å². The molecular formula is C16H23NO3. The highest BCUT2D eigenvalue weighted by Crippen LogP contribution is 2.29. The van der Waals surface area contributed by atoms with Crippen molar-refractivity contribution in [1.82, 2.24) is 5.32 Å². The summed E-state index contributed by atoms with van der Waals surface area (Å²) in [4.78, 5) is 12.0. The smallest absolute Gasteiger partial charge is 0.258 e. The lowest BCUT2D eigenvalue weighted by Crippen LogP contribution is -2.50. The van der Waals surface area contributed by atoms with Crippen LogP contribution in [0.15, 0.2) is 18.2 Å². The number of aliphatic hydroxyl groups excluding tert-OH is 1. The van der Waals surface area contributed by atoms with Crippen LogP contribution in [0.3, 0.4) is 0 Å². The standard InChI is InChI=1S/C16H23NO3/c1-12-7-13(2)9-14(8-12)20-10-15(19)17-16(11-18)5-3-4-6-16/h7-9,18H,3-6,10-11H2,1-2H3,(H,17,19). The van der Waals surface area contributed by atoms with Gasteiger partial charge in [0.15, 0.2) is 6.61 Å². The van der Waals surface area contributed by atoms with Crippen molar-refractivity contribution in [2.75, 3.05) is 13.2 Å². The fraction of sp³-hybridized carbons (Fsp3) is 0.562. The largest absolute Gasteiger partial charge is 0.484 e. The second-order valence-electron chi connectivity index (χ2n) is 5.81. The van der Waals surface area contributed by atoms with Crippen LogP contribution in [0.2, 0.25) is 0 Å². The number of aryl methyl sites for hydroxylation is 2. The maximum Gasteiger partial charge on any atom is 0.258 e. The topological polar surface area (TPSA) is 58.6 Å². The van der Waals surface area contributed by atoms with Crippen LogP contribution in [0.1, 0.15) is 36.8 Å². The number of benzene rings is 1. The maximum absolute atomic E-state index is 12.0. The van der Waals surface area contributed by atoms with E-state index in [-0.39, 0.29) is 19.1 Å². The second kappa shape index (κ2) is 6.27. The van der Waals surface area contributed by atoms with Crippen LogP contribution < -0.4 is 10.1 Å². The molecule has 1 aliphatic rings. The number of carbonyl (C=O) groups excluding carboxylic acids is 1. The van der Waals surface area contributed by atoms with Crippen molar-refractivity contribution < 1.29 is 14.6 Å². The first-order valence-corrected chi connectivity index (χ1v) is 7.16. The van der Waals surface area contributed by atoms with Gasteiger partial charge < -0.3 is 15.2 Å². The number of ether oxygens (including phenoxy) is 1. The minimum absolute atomic E-state index is 0.00228. The molecule has 1 aromatic carbocycles. The number of amides is 1. The molecule has 2 N–H and O–H groups in total. The number of nitrogens with one attached hydrogen (secondary N) is 1. The summed E-state index contributed by atoms with van der Waals surface area (Å²) < 4.78 is 5.54. The molecule has 20 heavy (non-hydrogen) atoms. The van der Waals surface area contributed by atoms with Crippen molar-refractivity contribution in [2.24, 2.45) is 0 Å². The van der Waals surface area contributed by atoms with Crippen LogP contribution >= 0.6 is 0 Å². The third-order valence-electron chi connectivity index (χ3n) is 3.83. The summed E-state index contributed by atoms with van der Waals surface area (Å²) in [7, 11) is 0. The van der Waals surface area contributed by atoms with Crippen LogP contribution in [-0.4, -0.2) is 29.8 Å². The Morgan fingerprint density at radius 1 is 1.25 bits per heavy atom. The predicted molar refractivity (Wildman–Crippen MR) is 77.8 cm³/mol. The lowest BCUT2D eigenvalue weighted by atomic mass is 9.99. The molecule has 0 bridgehead atoms. The molecule has 0 spiro atoms. The van der Waals surface area contributed by atoms with Crippen molar-refractivity contribution in [3.63, 3.8) is 0 Å². The molecule has 1 fully saturated rings. The molecule has 1 aromatic rings. The molecule has 0 unspecified atom stereocenters. The molecule has 1 aliphatic carbocycles. The Bertz CT molecular complexity index is 458. The maximum atomic E-state index is 12.0. The van der Waals surface area contributed by atoms with Crippen molar-refractivity contribution in [3.8, 4) is 5.75 Å². The SMILES string of the molecule is Cc1cc(C)cc(OCC(=O)NC2(CO)CCCC2)c1. The first-order chi connectivity index (χ1) is 9.53. The molecule has 2 rings (SSSR count). The molecule has 1 amide bonds. The van der Waals surface area contributed by atoms with Crippen molar-refractivity contribution >= 4 is 5.91 Å². The number of rotatable bonds is 5. The molecule has 0 atom stereocenters. The Morgan fingerprint density at radius 3 is 2.40 bits per heavy atom. The van der Waals surface area contributed by atoms with E-state index in [1.54, 1.807) is 0 Å². The minimum Gasteiger partial charge on any atom is -0.484 e. The highest BCUT2D eigenvalue weighted by Gasteiger charge is 2.34. The summed E-state index contributed by atoms with van der Waals surface area (Å²) in [6.45, 7) is 3.99. The Hall–Kier alpha value is -1.55. The van der Waals surface area contributed by atoms with E-state index < -0.39 is 5.54 Å². The summed E-state index contributed by atoms with van der Waals surface area (Å²) in [6.07, 6.45) is 3.80. The van der Waals surface area contributed by atoms with Gasteiger partial charge in [-0.1, -0.05) is 18.9 Å². The van der Waals surface area contributed by atoms with Gasteiger partial charge in [0.25, 0.3) is 5.91 Å². The molecule has 0 heterocycles. The molecule has 0 aliphatic heterocycles. The van der Waals surface area contributed by atoms with Crippen molar-refractivity contribution in [2.45, 2.75) is 45.1 Å². The Balaban J connectivity index is 1.88. The summed E-state index contributed by atoms with van der Waals surface area (Å²) in [5.41, 5.74) is 1.80. The van der Waals surface area contributed by atoms with Crippen LogP contribution in [0.5, 0.6) is 5.75 Å². The first-order valence-electron chi connectivity index (χ1n) is 7.16. The summed E-state index contributed by atoms with van der Waals surface area (Å²) in [6, 6.07) is 5.89. The molecule has 4 nitrogen and oxygen atoms in total. The normalized spacial score (nSPS) is 16.9. The predicted octanol–water partition coefficient (Wildman–Crippen LogP) is 2.10. The number of hydrogen-bond acceptors (Lipinski definition) is 3. The highest BCUT2D eigenvalue weighted by atomic mass is 16.5. The van der Waals surface area contributed by atoms with Gasteiger partial charge in [-0.05, 0) is 49.9 Å². The van der Waals surface area contributed by atoms with Gasteiger partial charge in [0.05, 0.1) is 12.1 Å². The molecule has 1 saturated carbocycles. The summed E-state index contributed by atoms with van der Waals surface area (Å²) in [5, 5.41) is 12.4. The Kier molecular flexibility index (Phi) is 4.65. The van der Waals surface area contributed by atoms with Gasteiger partial charge in [-0.25, -0.2) is 0 Å². The van der Waals surface area contributed by atoms with E-state index in [1.165, 1.54) is 0 Å². The van der Waals surface area contributed by atoms with E-state index in [0.717, 1.165) is 36.8 Å². The lowest BCUT2D eigenvalue weighted by molar-refractivity contribution is -0.125. The molecule has 0 saturated heterocycles. The lowest BCUT2D eigenvalue weighted by Gasteiger charge is -2.27.